The van der Waals surface area contributed by atoms with Crippen molar-refractivity contribution in [2.24, 2.45) is 0 Å². The molecule has 2 atom stereocenters. The second-order valence-corrected chi connectivity index (χ2v) is 5.96. The van der Waals surface area contributed by atoms with Crippen LogP contribution in [0, 0.1) is 17.1 Å². The average molecular weight is 324 g/mol. The molecule has 6 heteroatoms. The molecule has 1 aromatic heterocycles. The van der Waals surface area contributed by atoms with Crippen molar-refractivity contribution in [1.82, 2.24) is 15.6 Å². The molecule has 0 unspecified atom stereocenters. The van der Waals surface area contributed by atoms with Crippen molar-refractivity contribution in [2.45, 2.75) is 25.4 Å². The lowest BCUT2D eigenvalue weighted by Gasteiger charge is -2.12. The fourth-order valence-electron chi connectivity index (χ4n) is 2.83. The largest absolute Gasteiger partial charge is 0.348 e. The molecule has 2 aromatic rings. The molecule has 0 bridgehead atoms. The van der Waals surface area contributed by atoms with Crippen molar-refractivity contribution in [1.29, 1.82) is 5.26 Å². The van der Waals surface area contributed by atoms with Gasteiger partial charge >= 0.3 is 0 Å². The smallest absolute Gasteiger partial charge is 0.254 e. The van der Waals surface area contributed by atoms with Crippen molar-refractivity contribution < 1.29 is 9.18 Å². The number of nitrogens with zero attached hydrogens (tertiary/aromatic N) is 2. The number of carbonyl (C=O) groups is 1. The first kappa shape index (κ1) is 16.1. The van der Waals surface area contributed by atoms with Gasteiger partial charge in [0.2, 0.25) is 0 Å². The third-order valence-electron chi connectivity index (χ3n) is 4.07. The van der Waals surface area contributed by atoms with Crippen molar-refractivity contribution in [2.75, 3.05) is 6.54 Å². The van der Waals surface area contributed by atoms with E-state index in [0.717, 1.165) is 12.6 Å². The van der Waals surface area contributed by atoms with E-state index in [9.17, 15) is 9.18 Å². The fourth-order valence-corrected chi connectivity index (χ4v) is 2.83. The quantitative estimate of drug-likeness (QED) is 0.908. The third kappa shape index (κ3) is 3.42. The SMILES string of the molecule is C[C@@H]1C[C@@H](NC(=O)c2cc(-c3cccc(C#N)c3)ncc2F)CN1. The van der Waals surface area contributed by atoms with E-state index in [2.05, 4.69) is 21.7 Å². The summed E-state index contributed by atoms with van der Waals surface area (Å²) in [7, 11) is 0. The molecule has 5 nitrogen and oxygen atoms in total. The van der Waals surface area contributed by atoms with Crippen molar-refractivity contribution in [3.05, 3.63) is 53.5 Å². The Morgan fingerprint density at radius 3 is 3.00 bits per heavy atom. The third-order valence-corrected chi connectivity index (χ3v) is 4.07. The summed E-state index contributed by atoms with van der Waals surface area (Å²) >= 11 is 0. The summed E-state index contributed by atoms with van der Waals surface area (Å²) in [6, 6.07) is 10.6. The molecule has 1 aliphatic heterocycles. The molecule has 122 valence electrons. The number of hydrogen-bond donors (Lipinski definition) is 2. The molecule has 1 saturated heterocycles. The highest BCUT2D eigenvalue weighted by Gasteiger charge is 2.24. The molecular weight excluding hydrogens is 307 g/mol. The lowest BCUT2D eigenvalue weighted by Crippen LogP contribution is -2.36. The van der Waals surface area contributed by atoms with Gasteiger partial charge in [0.15, 0.2) is 5.82 Å². The van der Waals surface area contributed by atoms with Crippen LogP contribution in [0.4, 0.5) is 4.39 Å². The predicted molar refractivity (Wildman–Crippen MR) is 87.7 cm³/mol. The van der Waals surface area contributed by atoms with Crippen LogP contribution in [-0.2, 0) is 0 Å². The molecule has 0 spiro atoms. The van der Waals surface area contributed by atoms with Crippen molar-refractivity contribution in [3.8, 4) is 17.3 Å². The number of benzene rings is 1. The van der Waals surface area contributed by atoms with Crippen LogP contribution in [0.25, 0.3) is 11.3 Å². The van der Waals surface area contributed by atoms with E-state index in [4.69, 9.17) is 5.26 Å². The highest BCUT2D eigenvalue weighted by atomic mass is 19.1. The Morgan fingerprint density at radius 1 is 1.46 bits per heavy atom. The maximum absolute atomic E-state index is 14.0. The van der Waals surface area contributed by atoms with Gasteiger partial charge in [-0.15, -0.1) is 0 Å². The minimum Gasteiger partial charge on any atom is -0.348 e. The zero-order valence-corrected chi connectivity index (χ0v) is 13.2. The Kier molecular flexibility index (Phi) is 4.54. The maximum atomic E-state index is 14.0. The summed E-state index contributed by atoms with van der Waals surface area (Å²) in [5.74, 6) is -1.11. The van der Waals surface area contributed by atoms with Gasteiger partial charge < -0.3 is 10.6 Å². The molecule has 0 aliphatic carbocycles. The zero-order valence-electron chi connectivity index (χ0n) is 13.2. The number of halogens is 1. The second kappa shape index (κ2) is 6.77. The first-order valence-corrected chi connectivity index (χ1v) is 7.77. The Bertz CT molecular complexity index is 815. The van der Waals surface area contributed by atoms with Crippen LogP contribution in [0.1, 0.15) is 29.3 Å². The Hall–Kier alpha value is -2.78. The molecule has 24 heavy (non-hydrogen) atoms. The molecule has 0 radical (unpaired) electrons. The maximum Gasteiger partial charge on any atom is 0.254 e. The summed E-state index contributed by atoms with van der Waals surface area (Å²) in [5, 5.41) is 15.1. The number of nitriles is 1. The normalized spacial score (nSPS) is 19.7. The predicted octanol–water partition coefficient (Wildman–Crippen LogP) is 2.24. The number of rotatable bonds is 3. The number of aromatic nitrogens is 1. The number of hydrogen-bond acceptors (Lipinski definition) is 4. The Labute approximate surface area is 139 Å². The van der Waals surface area contributed by atoms with Crippen LogP contribution in [0.15, 0.2) is 36.5 Å². The van der Waals surface area contributed by atoms with Crippen LogP contribution in [0.2, 0.25) is 0 Å². The molecule has 1 fully saturated rings. The van der Waals surface area contributed by atoms with Crippen LogP contribution in [0.5, 0.6) is 0 Å². The van der Waals surface area contributed by atoms with Crippen molar-refractivity contribution >= 4 is 5.91 Å². The van der Waals surface area contributed by atoms with Gasteiger partial charge in [-0.25, -0.2) is 4.39 Å². The molecular formula is C18H17FN4O. The monoisotopic (exact) mass is 324 g/mol. The van der Waals surface area contributed by atoms with E-state index in [-0.39, 0.29) is 11.6 Å². The average Bonchev–Trinajstić information content (AvgIpc) is 3.00. The van der Waals surface area contributed by atoms with Gasteiger partial charge in [0.05, 0.1) is 29.1 Å². The minimum atomic E-state index is -0.660. The molecule has 3 rings (SSSR count). The number of carbonyl (C=O) groups excluding carboxylic acids is 1. The van der Waals surface area contributed by atoms with E-state index >= 15 is 0 Å². The van der Waals surface area contributed by atoms with Gasteiger partial charge in [0, 0.05) is 24.2 Å². The highest BCUT2D eigenvalue weighted by molar-refractivity contribution is 5.95. The Morgan fingerprint density at radius 2 is 2.29 bits per heavy atom. The van der Waals surface area contributed by atoms with Crippen molar-refractivity contribution in [3.63, 3.8) is 0 Å². The van der Waals surface area contributed by atoms with E-state index in [1.54, 1.807) is 24.3 Å². The van der Waals surface area contributed by atoms with Gasteiger partial charge in [-0.1, -0.05) is 12.1 Å². The van der Waals surface area contributed by atoms with Gasteiger partial charge in [-0.05, 0) is 31.5 Å². The first-order valence-electron chi connectivity index (χ1n) is 7.77. The van der Waals surface area contributed by atoms with Crippen LogP contribution < -0.4 is 10.6 Å². The van der Waals surface area contributed by atoms with E-state index in [1.165, 1.54) is 6.07 Å². The summed E-state index contributed by atoms with van der Waals surface area (Å²) in [5.41, 5.74) is 1.56. The lowest BCUT2D eigenvalue weighted by atomic mass is 10.1. The molecule has 2 N–H and O–H groups in total. The summed E-state index contributed by atoms with van der Waals surface area (Å²) in [6.07, 6.45) is 1.86. The standard InChI is InChI=1S/C18H17FN4O/c1-11-5-14(9-21-11)23-18(24)15-7-17(22-10-16(15)19)13-4-2-3-12(6-13)8-20/h2-4,6-7,10-11,14,21H,5,9H2,1H3,(H,23,24)/t11-,14-/m1/s1. The summed E-state index contributed by atoms with van der Waals surface area (Å²) in [4.78, 5) is 16.4. The number of pyridine rings is 1. The second-order valence-electron chi connectivity index (χ2n) is 5.96. The number of amides is 1. The van der Waals surface area contributed by atoms with Gasteiger partial charge in [0.1, 0.15) is 0 Å². The molecule has 1 aromatic carbocycles. The minimum absolute atomic E-state index is 0.00886. The first-order chi connectivity index (χ1) is 11.6. The van der Waals surface area contributed by atoms with Gasteiger partial charge in [-0.3, -0.25) is 9.78 Å². The molecule has 1 aliphatic rings. The summed E-state index contributed by atoms with van der Waals surface area (Å²) < 4.78 is 14.0. The van der Waals surface area contributed by atoms with E-state index in [0.29, 0.717) is 29.4 Å². The van der Waals surface area contributed by atoms with Crippen LogP contribution >= 0.6 is 0 Å². The van der Waals surface area contributed by atoms with Crippen LogP contribution in [-0.4, -0.2) is 29.5 Å². The molecule has 1 amide bonds. The fraction of sp³-hybridized carbons (Fsp3) is 0.278. The zero-order chi connectivity index (χ0) is 17.1. The lowest BCUT2D eigenvalue weighted by molar-refractivity contribution is 0.0935. The summed E-state index contributed by atoms with van der Waals surface area (Å²) in [6.45, 7) is 2.72. The number of nitrogens with one attached hydrogen (secondary N) is 2. The molecule has 2 heterocycles. The van der Waals surface area contributed by atoms with E-state index < -0.39 is 11.7 Å². The topological polar surface area (TPSA) is 77.8 Å². The Balaban J connectivity index is 1.86. The van der Waals surface area contributed by atoms with Gasteiger partial charge in [-0.2, -0.15) is 5.26 Å². The van der Waals surface area contributed by atoms with E-state index in [1.807, 2.05) is 6.92 Å². The molecule has 0 saturated carbocycles. The van der Waals surface area contributed by atoms with Crippen LogP contribution in [0.3, 0.4) is 0 Å². The van der Waals surface area contributed by atoms with Gasteiger partial charge in [0.25, 0.3) is 5.91 Å². The highest BCUT2D eigenvalue weighted by Crippen LogP contribution is 2.21.